The summed E-state index contributed by atoms with van der Waals surface area (Å²) in [6.45, 7) is 1.09. The molecular formula is C13H18F3N3O. The highest BCUT2D eigenvalue weighted by Crippen LogP contribution is 2.17. The molecule has 0 atom stereocenters. The first-order chi connectivity index (χ1) is 9.33. The minimum Gasteiger partial charge on any atom is -0.357 e. The van der Waals surface area contributed by atoms with Crippen LogP contribution in [0.25, 0.3) is 0 Å². The number of hydrogen-bond acceptors (Lipinski definition) is 3. The summed E-state index contributed by atoms with van der Waals surface area (Å²) in [5.74, 6) is 0.00914. The van der Waals surface area contributed by atoms with Crippen molar-refractivity contribution in [2.24, 2.45) is 7.05 Å². The molecule has 0 spiro atoms. The molecule has 2 heterocycles. The summed E-state index contributed by atoms with van der Waals surface area (Å²) in [5, 5.41) is 0. The van der Waals surface area contributed by atoms with E-state index in [0.29, 0.717) is 31.7 Å². The molecule has 7 heteroatoms. The summed E-state index contributed by atoms with van der Waals surface area (Å²) in [7, 11) is 1.84. The number of aryl methyl sites for hydroxylation is 1. The van der Waals surface area contributed by atoms with Gasteiger partial charge in [-0.1, -0.05) is 0 Å². The molecule has 0 amide bonds. The van der Waals surface area contributed by atoms with Gasteiger partial charge < -0.3 is 4.57 Å². The molecule has 0 N–H and O–H groups in total. The van der Waals surface area contributed by atoms with Crippen molar-refractivity contribution in [3.8, 4) is 0 Å². The van der Waals surface area contributed by atoms with Crippen molar-refractivity contribution >= 4 is 5.78 Å². The molecule has 0 unspecified atom stereocenters. The van der Waals surface area contributed by atoms with Gasteiger partial charge in [0.25, 0.3) is 0 Å². The van der Waals surface area contributed by atoms with Crippen molar-refractivity contribution in [3.63, 3.8) is 0 Å². The maximum absolute atomic E-state index is 12.3. The van der Waals surface area contributed by atoms with Gasteiger partial charge in [0.1, 0.15) is 0 Å². The number of carbonyl (C=O) groups excluding carboxylic acids is 1. The molecule has 0 saturated carbocycles. The molecular weight excluding hydrogens is 271 g/mol. The number of alkyl halides is 3. The lowest BCUT2D eigenvalue weighted by molar-refractivity contribution is -0.149. The number of aromatic nitrogens is 1. The molecule has 1 saturated heterocycles. The Kier molecular flexibility index (Phi) is 4.49. The van der Waals surface area contributed by atoms with Gasteiger partial charge in [-0.05, 0) is 6.07 Å². The number of rotatable bonds is 4. The molecule has 0 aromatic carbocycles. The van der Waals surface area contributed by atoms with Gasteiger partial charge in [0.2, 0.25) is 0 Å². The number of halogens is 3. The molecule has 1 aromatic rings. The van der Waals surface area contributed by atoms with E-state index in [0.717, 1.165) is 0 Å². The van der Waals surface area contributed by atoms with Gasteiger partial charge in [0.05, 0.1) is 13.1 Å². The SMILES string of the molecule is Cn1ccc(C(=O)CN2CCN(CC(F)(F)F)CC2)c1. The molecule has 0 radical (unpaired) electrons. The normalized spacial score (nSPS) is 18.4. The van der Waals surface area contributed by atoms with Crippen LogP contribution in [0.3, 0.4) is 0 Å². The molecule has 2 rings (SSSR count). The first kappa shape index (κ1) is 15.1. The smallest absolute Gasteiger partial charge is 0.357 e. The lowest BCUT2D eigenvalue weighted by atomic mass is 10.2. The van der Waals surface area contributed by atoms with Gasteiger partial charge >= 0.3 is 6.18 Å². The lowest BCUT2D eigenvalue weighted by Gasteiger charge is -2.34. The highest BCUT2D eigenvalue weighted by molar-refractivity contribution is 5.97. The number of carbonyl (C=O) groups is 1. The number of hydrogen-bond donors (Lipinski definition) is 0. The molecule has 20 heavy (non-hydrogen) atoms. The van der Waals surface area contributed by atoms with Crippen LogP contribution in [0.5, 0.6) is 0 Å². The van der Waals surface area contributed by atoms with Crippen LogP contribution in [-0.4, -0.2) is 65.6 Å². The summed E-state index contributed by atoms with van der Waals surface area (Å²) >= 11 is 0. The Hall–Kier alpha value is -1.34. The average Bonchev–Trinajstić information content (AvgIpc) is 2.77. The van der Waals surface area contributed by atoms with Crippen molar-refractivity contribution in [1.82, 2.24) is 14.4 Å². The van der Waals surface area contributed by atoms with Gasteiger partial charge in [-0.25, -0.2) is 0 Å². The Morgan fingerprint density at radius 2 is 1.80 bits per heavy atom. The van der Waals surface area contributed by atoms with Gasteiger partial charge in [-0.3, -0.25) is 14.6 Å². The molecule has 1 aromatic heterocycles. The van der Waals surface area contributed by atoms with Crippen molar-refractivity contribution in [2.45, 2.75) is 6.18 Å². The highest BCUT2D eigenvalue weighted by Gasteiger charge is 2.32. The summed E-state index contributed by atoms with van der Waals surface area (Å²) in [6, 6.07) is 1.75. The van der Waals surface area contributed by atoms with Crippen LogP contribution < -0.4 is 0 Å². The first-order valence-corrected chi connectivity index (χ1v) is 6.50. The number of ketones is 1. The van der Waals surface area contributed by atoms with Gasteiger partial charge in [0.15, 0.2) is 5.78 Å². The minimum atomic E-state index is -4.15. The Morgan fingerprint density at radius 3 is 2.30 bits per heavy atom. The van der Waals surface area contributed by atoms with E-state index in [-0.39, 0.29) is 12.3 Å². The summed E-state index contributed by atoms with van der Waals surface area (Å²) in [6.07, 6.45) is -0.598. The average molecular weight is 289 g/mol. The molecule has 1 aliphatic heterocycles. The van der Waals surface area contributed by atoms with E-state index >= 15 is 0 Å². The number of nitrogens with zero attached hydrogens (tertiary/aromatic N) is 3. The van der Waals surface area contributed by atoms with E-state index in [9.17, 15) is 18.0 Å². The maximum Gasteiger partial charge on any atom is 0.401 e. The Balaban J connectivity index is 1.78. The number of piperazine rings is 1. The maximum atomic E-state index is 12.3. The van der Waals surface area contributed by atoms with E-state index in [2.05, 4.69) is 0 Å². The molecule has 0 aliphatic carbocycles. The second-order valence-corrected chi connectivity index (χ2v) is 5.16. The Bertz CT molecular complexity index is 462. The van der Waals surface area contributed by atoms with Crippen molar-refractivity contribution < 1.29 is 18.0 Å². The second-order valence-electron chi connectivity index (χ2n) is 5.16. The topological polar surface area (TPSA) is 28.5 Å². The van der Waals surface area contributed by atoms with Crippen LogP contribution >= 0.6 is 0 Å². The first-order valence-electron chi connectivity index (χ1n) is 6.50. The second kappa shape index (κ2) is 5.97. The molecule has 0 bridgehead atoms. The van der Waals surface area contributed by atoms with Crippen LogP contribution in [0.15, 0.2) is 18.5 Å². The Morgan fingerprint density at radius 1 is 1.20 bits per heavy atom. The third-order valence-corrected chi connectivity index (χ3v) is 3.39. The fourth-order valence-corrected chi connectivity index (χ4v) is 2.32. The third kappa shape index (κ3) is 4.35. The van der Waals surface area contributed by atoms with Crippen LogP contribution in [0.4, 0.5) is 13.2 Å². The molecule has 112 valence electrons. The summed E-state index contributed by atoms with van der Waals surface area (Å²) < 4.78 is 38.6. The standard InChI is InChI=1S/C13H18F3N3O/c1-17-3-2-11(8-17)12(20)9-18-4-6-19(7-5-18)10-13(14,15)16/h2-3,8H,4-7,9-10H2,1H3. The fourth-order valence-electron chi connectivity index (χ4n) is 2.32. The van der Waals surface area contributed by atoms with Crippen LogP contribution in [-0.2, 0) is 7.05 Å². The monoisotopic (exact) mass is 289 g/mol. The number of Topliss-reactive ketones (excluding diaryl/α,β-unsaturated/α-hetero) is 1. The van der Waals surface area contributed by atoms with Crippen LogP contribution in [0.1, 0.15) is 10.4 Å². The zero-order valence-corrected chi connectivity index (χ0v) is 11.4. The van der Waals surface area contributed by atoms with E-state index in [1.807, 2.05) is 11.9 Å². The third-order valence-electron chi connectivity index (χ3n) is 3.39. The van der Waals surface area contributed by atoms with E-state index in [1.54, 1.807) is 23.0 Å². The zero-order chi connectivity index (χ0) is 14.8. The van der Waals surface area contributed by atoms with Gasteiger partial charge in [0, 0.05) is 51.2 Å². The summed E-state index contributed by atoms with van der Waals surface area (Å²) in [5.41, 5.74) is 0.644. The lowest BCUT2D eigenvalue weighted by Crippen LogP contribution is -2.50. The van der Waals surface area contributed by atoms with E-state index < -0.39 is 12.7 Å². The fraction of sp³-hybridized carbons (Fsp3) is 0.615. The van der Waals surface area contributed by atoms with Crippen molar-refractivity contribution in [3.05, 3.63) is 24.0 Å². The highest BCUT2D eigenvalue weighted by atomic mass is 19.4. The van der Waals surface area contributed by atoms with Crippen molar-refractivity contribution in [2.75, 3.05) is 39.3 Å². The van der Waals surface area contributed by atoms with Crippen LogP contribution in [0, 0.1) is 0 Å². The summed E-state index contributed by atoms with van der Waals surface area (Å²) in [4.78, 5) is 15.3. The van der Waals surface area contributed by atoms with Gasteiger partial charge in [-0.15, -0.1) is 0 Å². The predicted molar refractivity (Wildman–Crippen MR) is 68.7 cm³/mol. The van der Waals surface area contributed by atoms with Crippen molar-refractivity contribution in [1.29, 1.82) is 0 Å². The minimum absolute atomic E-state index is 0.00914. The van der Waals surface area contributed by atoms with Gasteiger partial charge in [-0.2, -0.15) is 13.2 Å². The Labute approximate surface area is 115 Å². The molecule has 4 nitrogen and oxygen atoms in total. The molecule has 1 fully saturated rings. The van der Waals surface area contributed by atoms with E-state index in [1.165, 1.54) is 4.90 Å². The van der Waals surface area contributed by atoms with Crippen LogP contribution in [0.2, 0.25) is 0 Å². The zero-order valence-electron chi connectivity index (χ0n) is 11.4. The quantitative estimate of drug-likeness (QED) is 0.784. The predicted octanol–water partition coefficient (Wildman–Crippen LogP) is 1.39. The molecule has 1 aliphatic rings. The van der Waals surface area contributed by atoms with E-state index in [4.69, 9.17) is 0 Å². The largest absolute Gasteiger partial charge is 0.401 e.